The molecule has 20 heavy (non-hydrogen) atoms. The Morgan fingerprint density at radius 2 is 1.90 bits per heavy atom. The van der Waals surface area contributed by atoms with Gasteiger partial charge in [0.15, 0.2) is 5.11 Å². The maximum Gasteiger partial charge on any atom is 0.416 e. The zero-order chi connectivity index (χ0) is 15.3. The van der Waals surface area contributed by atoms with E-state index in [9.17, 15) is 13.2 Å². The lowest BCUT2D eigenvalue weighted by molar-refractivity contribution is -0.137. The first-order valence-corrected chi connectivity index (χ1v) is 6.53. The maximum atomic E-state index is 12.7. The van der Waals surface area contributed by atoms with E-state index in [1.54, 1.807) is 0 Å². The minimum absolute atomic E-state index is 0.0938. The fourth-order valence-electron chi connectivity index (χ4n) is 1.58. The Bertz CT molecular complexity index is 506. The maximum absolute atomic E-state index is 12.7. The van der Waals surface area contributed by atoms with Gasteiger partial charge in [-0.05, 0) is 43.3 Å². The van der Waals surface area contributed by atoms with Gasteiger partial charge in [0.2, 0.25) is 0 Å². The largest absolute Gasteiger partial charge is 0.416 e. The van der Waals surface area contributed by atoms with Crippen molar-refractivity contribution in [2.24, 2.45) is 10.8 Å². The molecule has 110 valence electrons. The van der Waals surface area contributed by atoms with E-state index >= 15 is 0 Å². The standard InChI is InChI=1S/C13H16F3N3S/c1-3-10(4-2)18-19(12(17)20)11-7-5-6-9(8-11)13(14,15)16/h5-8H,3-4H2,1-2H3,(H2,17,20). The highest BCUT2D eigenvalue weighted by molar-refractivity contribution is 7.80. The van der Waals surface area contributed by atoms with Crippen molar-refractivity contribution in [1.29, 1.82) is 0 Å². The Hall–Kier alpha value is -1.63. The summed E-state index contributed by atoms with van der Waals surface area (Å²) in [7, 11) is 0. The average Bonchev–Trinajstić information content (AvgIpc) is 2.39. The van der Waals surface area contributed by atoms with Crippen LogP contribution in [0, 0.1) is 0 Å². The molecule has 0 unspecified atom stereocenters. The van der Waals surface area contributed by atoms with E-state index < -0.39 is 11.7 Å². The number of hydrazone groups is 1. The van der Waals surface area contributed by atoms with Gasteiger partial charge in [0.05, 0.1) is 11.3 Å². The van der Waals surface area contributed by atoms with Gasteiger partial charge in [0.1, 0.15) is 0 Å². The van der Waals surface area contributed by atoms with Gasteiger partial charge in [-0.25, -0.2) is 5.01 Å². The van der Waals surface area contributed by atoms with E-state index in [-0.39, 0.29) is 10.8 Å². The summed E-state index contributed by atoms with van der Waals surface area (Å²) < 4.78 is 38.1. The molecular weight excluding hydrogens is 287 g/mol. The second kappa shape index (κ2) is 6.69. The van der Waals surface area contributed by atoms with Crippen LogP contribution in [0.25, 0.3) is 0 Å². The Kier molecular flexibility index (Phi) is 5.50. The van der Waals surface area contributed by atoms with Crippen LogP contribution in [0.4, 0.5) is 18.9 Å². The lowest BCUT2D eigenvalue weighted by Gasteiger charge is -2.19. The summed E-state index contributed by atoms with van der Waals surface area (Å²) >= 11 is 4.87. The number of benzene rings is 1. The van der Waals surface area contributed by atoms with E-state index in [0.29, 0.717) is 12.8 Å². The summed E-state index contributed by atoms with van der Waals surface area (Å²) in [6.45, 7) is 3.82. The molecule has 0 saturated carbocycles. The molecule has 0 radical (unpaired) electrons. The van der Waals surface area contributed by atoms with Crippen LogP contribution < -0.4 is 10.7 Å². The molecule has 0 saturated heterocycles. The molecule has 3 nitrogen and oxygen atoms in total. The van der Waals surface area contributed by atoms with Gasteiger partial charge in [-0.2, -0.15) is 18.3 Å². The van der Waals surface area contributed by atoms with Crippen molar-refractivity contribution in [2.45, 2.75) is 32.9 Å². The molecule has 1 rings (SSSR count). The Labute approximate surface area is 121 Å². The van der Waals surface area contributed by atoms with Gasteiger partial charge in [-0.3, -0.25) is 0 Å². The van der Waals surface area contributed by atoms with Gasteiger partial charge in [0, 0.05) is 5.71 Å². The van der Waals surface area contributed by atoms with E-state index in [1.807, 2.05) is 13.8 Å². The van der Waals surface area contributed by atoms with Crippen molar-refractivity contribution < 1.29 is 13.2 Å². The quantitative estimate of drug-likeness (QED) is 0.520. The second-order valence-electron chi connectivity index (χ2n) is 4.07. The van der Waals surface area contributed by atoms with Crippen LogP contribution in [0.5, 0.6) is 0 Å². The van der Waals surface area contributed by atoms with Gasteiger partial charge in [0.25, 0.3) is 0 Å². The lowest BCUT2D eigenvalue weighted by Crippen LogP contribution is -2.32. The van der Waals surface area contributed by atoms with E-state index in [2.05, 4.69) is 5.10 Å². The Morgan fingerprint density at radius 1 is 1.30 bits per heavy atom. The van der Waals surface area contributed by atoms with Crippen LogP contribution in [0.3, 0.4) is 0 Å². The van der Waals surface area contributed by atoms with Crippen LogP contribution in [0.15, 0.2) is 29.4 Å². The number of hydrogen-bond acceptors (Lipinski definition) is 2. The predicted molar refractivity (Wildman–Crippen MR) is 78.7 cm³/mol. The van der Waals surface area contributed by atoms with Gasteiger partial charge in [-0.15, -0.1) is 0 Å². The molecule has 0 amide bonds. The molecule has 1 aromatic rings. The molecule has 0 heterocycles. The SMILES string of the molecule is CCC(CC)=NN(C(N)=S)c1cccc(C(F)(F)F)c1. The molecule has 7 heteroatoms. The molecule has 0 aliphatic carbocycles. The summed E-state index contributed by atoms with van der Waals surface area (Å²) in [5.41, 5.74) is 5.79. The fraction of sp³-hybridized carbons (Fsp3) is 0.385. The molecule has 0 atom stereocenters. The van der Waals surface area contributed by atoms with Crippen molar-refractivity contribution in [1.82, 2.24) is 0 Å². The summed E-state index contributed by atoms with van der Waals surface area (Å²) in [6.07, 6.45) is -3.07. The van der Waals surface area contributed by atoms with E-state index in [4.69, 9.17) is 18.0 Å². The third kappa shape index (κ3) is 4.19. The van der Waals surface area contributed by atoms with Crippen molar-refractivity contribution in [3.05, 3.63) is 29.8 Å². The molecule has 0 bridgehead atoms. The Morgan fingerprint density at radius 3 is 2.35 bits per heavy atom. The molecule has 0 spiro atoms. The first-order chi connectivity index (χ1) is 9.29. The topological polar surface area (TPSA) is 41.6 Å². The third-order valence-corrected chi connectivity index (χ3v) is 2.86. The number of nitrogens with two attached hydrogens (primary N) is 1. The minimum Gasteiger partial charge on any atom is -0.374 e. The predicted octanol–water partition coefficient (Wildman–Crippen LogP) is 3.93. The highest BCUT2D eigenvalue weighted by atomic mass is 32.1. The Balaban J connectivity index is 3.23. The van der Waals surface area contributed by atoms with Crippen molar-refractivity contribution >= 4 is 28.7 Å². The van der Waals surface area contributed by atoms with Gasteiger partial charge >= 0.3 is 6.18 Å². The molecular formula is C13H16F3N3S. The van der Waals surface area contributed by atoms with Crippen LogP contribution in [-0.4, -0.2) is 10.8 Å². The van der Waals surface area contributed by atoms with E-state index in [1.165, 1.54) is 12.1 Å². The molecule has 0 aliphatic heterocycles. The lowest BCUT2D eigenvalue weighted by atomic mass is 10.2. The molecule has 1 aromatic carbocycles. The number of nitrogens with zero attached hydrogens (tertiary/aromatic N) is 2. The average molecular weight is 303 g/mol. The second-order valence-corrected chi connectivity index (χ2v) is 4.49. The van der Waals surface area contributed by atoms with Crippen LogP contribution in [-0.2, 0) is 6.18 Å². The summed E-state index contributed by atoms with van der Waals surface area (Å²) in [6, 6.07) is 4.76. The monoisotopic (exact) mass is 303 g/mol. The van der Waals surface area contributed by atoms with Crippen LogP contribution in [0.1, 0.15) is 32.3 Å². The van der Waals surface area contributed by atoms with Gasteiger partial charge < -0.3 is 5.73 Å². The number of hydrogen-bond donors (Lipinski definition) is 1. The molecule has 0 fully saturated rings. The zero-order valence-corrected chi connectivity index (χ0v) is 12.1. The third-order valence-electron chi connectivity index (χ3n) is 2.68. The number of alkyl halides is 3. The minimum atomic E-state index is -4.42. The molecule has 2 N–H and O–H groups in total. The molecule has 0 aliphatic rings. The summed E-state index contributed by atoms with van der Waals surface area (Å²) in [5.74, 6) is 0. The highest BCUT2D eigenvalue weighted by Gasteiger charge is 2.31. The fourth-order valence-corrected chi connectivity index (χ4v) is 1.73. The summed E-state index contributed by atoms with van der Waals surface area (Å²) in [5, 5.41) is 5.29. The smallest absolute Gasteiger partial charge is 0.374 e. The van der Waals surface area contributed by atoms with Crippen molar-refractivity contribution in [2.75, 3.05) is 5.01 Å². The number of thiocarbonyl (C=S) groups is 1. The van der Waals surface area contributed by atoms with Gasteiger partial charge in [-0.1, -0.05) is 19.9 Å². The van der Waals surface area contributed by atoms with Crippen molar-refractivity contribution in [3.8, 4) is 0 Å². The first kappa shape index (κ1) is 16.4. The van der Waals surface area contributed by atoms with Crippen LogP contribution >= 0.6 is 12.2 Å². The summed E-state index contributed by atoms with van der Waals surface area (Å²) in [4.78, 5) is 0. The highest BCUT2D eigenvalue weighted by Crippen LogP contribution is 2.31. The first-order valence-electron chi connectivity index (χ1n) is 6.12. The normalized spacial score (nSPS) is 11.1. The van der Waals surface area contributed by atoms with E-state index in [0.717, 1.165) is 22.9 Å². The molecule has 0 aromatic heterocycles. The number of halogens is 3. The van der Waals surface area contributed by atoms with Crippen molar-refractivity contribution in [3.63, 3.8) is 0 Å². The zero-order valence-electron chi connectivity index (χ0n) is 11.2. The number of anilines is 1. The number of rotatable bonds is 4. The van der Waals surface area contributed by atoms with Crippen LogP contribution in [0.2, 0.25) is 0 Å².